The molecule has 0 aliphatic carbocycles. The summed E-state index contributed by atoms with van der Waals surface area (Å²) in [4.78, 5) is 23.4. The van der Waals surface area contributed by atoms with Crippen LogP contribution in [0.15, 0.2) is 45.7 Å². The molecule has 2 heterocycles. The van der Waals surface area contributed by atoms with Crippen LogP contribution in [0.5, 0.6) is 0 Å². The summed E-state index contributed by atoms with van der Waals surface area (Å²) in [5, 5.41) is 11.9. The molecule has 1 aromatic heterocycles. The summed E-state index contributed by atoms with van der Waals surface area (Å²) < 4.78 is 5.38. The lowest BCUT2D eigenvalue weighted by atomic mass is 10.1. The molecule has 0 spiro atoms. The first kappa shape index (κ1) is 14.8. The highest BCUT2D eigenvalue weighted by Gasteiger charge is 2.24. The largest absolute Gasteiger partial charge is 0.478 e. The molecule has 1 aromatic carbocycles. The molecule has 22 heavy (non-hydrogen) atoms. The van der Waals surface area contributed by atoms with Gasteiger partial charge in [0.05, 0.1) is 10.5 Å². The first-order chi connectivity index (χ1) is 10.5. The number of furan rings is 1. The molecule has 1 aliphatic heterocycles. The van der Waals surface area contributed by atoms with Crippen molar-refractivity contribution in [1.82, 2.24) is 5.32 Å². The fraction of sp³-hybridized carbons (Fsp3) is 0.0667. The van der Waals surface area contributed by atoms with Gasteiger partial charge < -0.3 is 14.8 Å². The lowest BCUT2D eigenvalue weighted by Crippen LogP contribution is -2.19. The normalized spacial score (nSPS) is 19.4. The molecule has 112 valence electrons. The summed E-state index contributed by atoms with van der Waals surface area (Å²) in [7, 11) is 0. The summed E-state index contributed by atoms with van der Waals surface area (Å²) in [5.41, 5.74) is 0.662. The monoisotopic (exact) mass is 333 g/mol. The number of nitrogens with one attached hydrogen (secondary N) is 1. The van der Waals surface area contributed by atoms with Gasteiger partial charge in [-0.15, -0.1) is 12.6 Å². The molecule has 1 aliphatic rings. The first-order valence-corrected chi connectivity index (χ1v) is 7.74. The highest BCUT2D eigenvalue weighted by molar-refractivity contribution is 8.14. The van der Waals surface area contributed by atoms with E-state index < -0.39 is 5.97 Å². The van der Waals surface area contributed by atoms with E-state index in [1.807, 2.05) is 0 Å². The van der Waals surface area contributed by atoms with Crippen molar-refractivity contribution in [2.45, 2.75) is 4.71 Å². The summed E-state index contributed by atoms with van der Waals surface area (Å²) in [6.07, 6.45) is 1.61. The Morgan fingerprint density at radius 2 is 2.09 bits per heavy atom. The van der Waals surface area contributed by atoms with Crippen molar-refractivity contribution >= 4 is 42.3 Å². The summed E-state index contributed by atoms with van der Waals surface area (Å²) in [5.74, 6) is -0.296. The van der Waals surface area contributed by atoms with E-state index in [2.05, 4.69) is 17.9 Å². The van der Waals surface area contributed by atoms with Gasteiger partial charge in [-0.2, -0.15) is 0 Å². The van der Waals surface area contributed by atoms with Crippen molar-refractivity contribution in [3.05, 3.63) is 52.6 Å². The van der Waals surface area contributed by atoms with Crippen LogP contribution in [-0.4, -0.2) is 21.7 Å². The van der Waals surface area contributed by atoms with Crippen molar-refractivity contribution in [2.24, 2.45) is 0 Å². The molecule has 0 saturated carbocycles. The number of carboxylic acids is 1. The van der Waals surface area contributed by atoms with Gasteiger partial charge in [0.15, 0.2) is 0 Å². The number of benzene rings is 1. The van der Waals surface area contributed by atoms with Crippen LogP contribution in [-0.2, 0) is 4.79 Å². The van der Waals surface area contributed by atoms with E-state index in [1.54, 1.807) is 36.4 Å². The minimum absolute atomic E-state index is 0.166. The molecule has 5 nitrogen and oxygen atoms in total. The number of aromatic carboxylic acids is 1. The van der Waals surface area contributed by atoms with Crippen LogP contribution in [0.4, 0.5) is 0 Å². The number of hydrogen-bond donors (Lipinski definition) is 3. The van der Waals surface area contributed by atoms with Gasteiger partial charge in [0.25, 0.3) is 5.91 Å². The maximum Gasteiger partial charge on any atom is 0.336 e. The molecule has 1 atom stereocenters. The van der Waals surface area contributed by atoms with E-state index in [0.29, 0.717) is 22.0 Å². The lowest BCUT2D eigenvalue weighted by molar-refractivity contribution is -0.116. The van der Waals surface area contributed by atoms with Crippen LogP contribution in [0.1, 0.15) is 16.1 Å². The summed E-state index contributed by atoms with van der Waals surface area (Å²) in [6.45, 7) is 0. The van der Waals surface area contributed by atoms with Gasteiger partial charge in [0.1, 0.15) is 16.2 Å². The fourth-order valence-corrected chi connectivity index (χ4v) is 3.29. The number of amides is 1. The van der Waals surface area contributed by atoms with Gasteiger partial charge in [-0.05, 0) is 18.2 Å². The Labute approximate surface area is 135 Å². The molecule has 0 radical (unpaired) electrons. The predicted octanol–water partition coefficient (Wildman–Crippen LogP) is 3.06. The number of carboxylic acid groups (broad SMARTS) is 1. The zero-order chi connectivity index (χ0) is 15.7. The van der Waals surface area contributed by atoms with Gasteiger partial charge in [0, 0.05) is 11.6 Å². The number of carbonyl (C=O) groups is 2. The smallest absolute Gasteiger partial charge is 0.336 e. The second kappa shape index (κ2) is 5.94. The SMILES string of the molecule is O=C1NC(S)SC1=Cc1ccc(-c2ccccc2C(=O)O)o1. The standard InChI is InChI=1S/C15H11NO4S2/c17-13-12(22-15(21)16-13)7-8-5-6-11(20-8)9-3-1-2-4-10(9)14(18)19/h1-7,15,21H,(H,16,17)(H,18,19). The van der Waals surface area contributed by atoms with E-state index in [1.165, 1.54) is 17.8 Å². The van der Waals surface area contributed by atoms with Crippen LogP contribution in [0.25, 0.3) is 17.4 Å². The van der Waals surface area contributed by atoms with E-state index in [9.17, 15) is 14.7 Å². The average Bonchev–Trinajstić information content (AvgIpc) is 3.06. The summed E-state index contributed by atoms with van der Waals surface area (Å²) in [6, 6.07) is 9.98. The second-order valence-corrected chi connectivity index (χ2v) is 6.52. The van der Waals surface area contributed by atoms with Crippen LogP contribution in [0.2, 0.25) is 0 Å². The van der Waals surface area contributed by atoms with E-state index in [-0.39, 0.29) is 16.2 Å². The molecule has 2 aromatic rings. The Morgan fingerprint density at radius 1 is 1.32 bits per heavy atom. The Balaban J connectivity index is 1.94. The molecule has 0 bridgehead atoms. The minimum Gasteiger partial charge on any atom is -0.478 e. The van der Waals surface area contributed by atoms with E-state index in [4.69, 9.17) is 4.42 Å². The van der Waals surface area contributed by atoms with Crippen molar-refractivity contribution in [3.8, 4) is 11.3 Å². The third-order valence-corrected chi connectivity index (χ3v) is 4.38. The Hall–Kier alpha value is -2.12. The minimum atomic E-state index is -1.02. The third kappa shape index (κ3) is 2.90. The highest BCUT2D eigenvalue weighted by Crippen LogP contribution is 2.32. The number of thioether (sulfide) groups is 1. The van der Waals surface area contributed by atoms with Gasteiger partial charge in [-0.1, -0.05) is 30.0 Å². The third-order valence-electron chi connectivity index (χ3n) is 3.04. The van der Waals surface area contributed by atoms with Crippen molar-refractivity contribution < 1.29 is 19.1 Å². The van der Waals surface area contributed by atoms with Gasteiger partial charge in [0.2, 0.25) is 0 Å². The molecule has 7 heteroatoms. The topological polar surface area (TPSA) is 79.5 Å². The van der Waals surface area contributed by atoms with E-state index in [0.717, 1.165) is 0 Å². The molecule has 1 fully saturated rings. The zero-order valence-electron chi connectivity index (χ0n) is 11.1. The Morgan fingerprint density at radius 3 is 2.77 bits per heavy atom. The highest BCUT2D eigenvalue weighted by atomic mass is 32.2. The van der Waals surface area contributed by atoms with Crippen LogP contribution in [0.3, 0.4) is 0 Å². The fourth-order valence-electron chi connectivity index (χ4n) is 2.07. The van der Waals surface area contributed by atoms with Gasteiger partial charge in [-0.25, -0.2) is 4.79 Å². The number of thiol groups is 1. The maximum atomic E-state index is 11.6. The van der Waals surface area contributed by atoms with E-state index >= 15 is 0 Å². The molecule has 3 rings (SSSR count). The molecule has 1 amide bonds. The second-order valence-electron chi connectivity index (χ2n) is 4.51. The Kier molecular flexibility index (Phi) is 4.00. The van der Waals surface area contributed by atoms with Crippen molar-refractivity contribution in [1.29, 1.82) is 0 Å². The Bertz CT molecular complexity index is 781. The zero-order valence-corrected chi connectivity index (χ0v) is 12.9. The number of rotatable bonds is 3. The quantitative estimate of drug-likeness (QED) is 0.594. The maximum absolute atomic E-state index is 11.6. The lowest BCUT2D eigenvalue weighted by Gasteiger charge is -2.02. The summed E-state index contributed by atoms with van der Waals surface area (Å²) >= 11 is 5.46. The van der Waals surface area contributed by atoms with Crippen LogP contribution in [0, 0.1) is 0 Å². The van der Waals surface area contributed by atoms with Gasteiger partial charge >= 0.3 is 5.97 Å². The number of carbonyl (C=O) groups excluding carboxylic acids is 1. The van der Waals surface area contributed by atoms with Crippen LogP contribution >= 0.6 is 24.4 Å². The van der Waals surface area contributed by atoms with Crippen molar-refractivity contribution in [2.75, 3.05) is 0 Å². The van der Waals surface area contributed by atoms with Gasteiger partial charge in [-0.3, -0.25) is 4.79 Å². The molecular weight excluding hydrogens is 322 g/mol. The molecule has 2 N–H and O–H groups in total. The first-order valence-electron chi connectivity index (χ1n) is 6.34. The van der Waals surface area contributed by atoms with Crippen molar-refractivity contribution in [3.63, 3.8) is 0 Å². The predicted molar refractivity (Wildman–Crippen MR) is 87.6 cm³/mol. The molecule has 1 unspecified atom stereocenters. The van der Waals surface area contributed by atoms with Crippen LogP contribution < -0.4 is 5.32 Å². The molecule has 1 saturated heterocycles. The number of hydrogen-bond acceptors (Lipinski definition) is 5. The average molecular weight is 333 g/mol. The molecular formula is C15H11NO4S2.